The third-order valence-corrected chi connectivity index (χ3v) is 10.4. The summed E-state index contributed by atoms with van der Waals surface area (Å²) in [6.07, 6.45) is 12.0. The van der Waals surface area contributed by atoms with E-state index in [1.807, 2.05) is 0 Å². The number of aldehydes is 1. The maximum atomic E-state index is 12.4. The summed E-state index contributed by atoms with van der Waals surface area (Å²) >= 11 is 0. The number of hydrogen-bond donors (Lipinski definition) is 5. The van der Waals surface area contributed by atoms with Gasteiger partial charge in [-0.3, -0.25) is 0 Å². The summed E-state index contributed by atoms with van der Waals surface area (Å²) in [6.45, 7) is 4.48. The minimum atomic E-state index is -0.924. The molecule has 2 bridgehead atoms. The van der Waals surface area contributed by atoms with E-state index in [4.69, 9.17) is 5.11 Å². The lowest BCUT2D eigenvalue weighted by molar-refractivity contribution is -0.134. The Labute approximate surface area is 228 Å². The Bertz CT molecular complexity index is 821. The molecular weight excluding hydrogens is 484 g/mol. The number of hydrogen-bond acceptors (Lipinski definition) is 6. The number of carbonyl (C=O) groups excluding carboxylic acids is 1. The molecule has 0 aromatic heterocycles. The van der Waals surface area contributed by atoms with Crippen molar-refractivity contribution >= 4 is 12.3 Å². The summed E-state index contributed by atoms with van der Waals surface area (Å²) in [5.41, 5.74) is 0.297. The second kappa shape index (κ2) is 13.9. The Kier molecular flexibility index (Phi) is 11.4. The lowest BCUT2D eigenvalue weighted by atomic mass is 9.63. The van der Waals surface area contributed by atoms with Gasteiger partial charge in [-0.25, -0.2) is 4.79 Å². The maximum absolute atomic E-state index is 12.4. The van der Waals surface area contributed by atoms with Gasteiger partial charge >= 0.3 is 5.97 Å². The van der Waals surface area contributed by atoms with Crippen molar-refractivity contribution in [1.82, 2.24) is 0 Å². The molecule has 0 aromatic carbocycles. The van der Waals surface area contributed by atoms with Crippen LogP contribution in [0.25, 0.3) is 0 Å². The highest BCUT2D eigenvalue weighted by atomic mass is 16.4. The summed E-state index contributed by atoms with van der Waals surface area (Å²) in [6, 6.07) is 0. The molecule has 0 radical (unpaired) electrons. The quantitative estimate of drug-likeness (QED) is 0.126. The van der Waals surface area contributed by atoms with Crippen LogP contribution in [0.3, 0.4) is 0 Å². The van der Waals surface area contributed by atoms with Crippen molar-refractivity contribution in [3.8, 4) is 0 Å². The number of carbonyl (C=O) groups is 2. The first-order valence-electron chi connectivity index (χ1n) is 15.2. The molecule has 0 amide bonds. The van der Waals surface area contributed by atoms with Crippen LogP contribution in [0.15, 0.2) is 11.1 Å². The third-order valence-electron chi connectivity index (χ3n) is 10.4. The molecule has 7 atom stereocenters. The van der Waals surface area contributed by atoms with E-state index in [2.05, 4.69) is 13.8 Å². The molecule has 5 N–H and O–H groups in total. The Morgan fingerprint density at radius 3 is 2.03 bits per heavy atom. The van der Waals surface area contributed by atoms with Gasteiger partial charge in [-0.05, 0) is 74.2 Å². The van der Waals surface area contributed by atoms with Crippen LogP contribution in [0.5, 0.6) is 0 Å². The molecule has 0 saturated heterocycles. The summed E-state index contributed by atoms with van der Waals surface area (Å²) in [5.74, 6) is -1.10. The van der Waals surface area contributed by atoms with Gasteiger partial charge in [0.25, 0.3) is 0 Å². The highest BCUT2D eigenvalue weighted by molar-refractivity contribution is 5.89. The standard InChI is InChI=1S/C31H52O7/c1-30(2)23-19-31(21(20-33)16-17-26(30)31)28(36)22(27(23)29(37)38)13-9-5-3-6-10-14-24(34)25(35)15-11-7-4-8-12-18-32/h20-21,23-26,28,32,34-36H,3-19H2,1-2H3,(H,37,38)/t21-,23-,24+,25-,26+,28+,31+/m1/s1. The van der Waals surface area contributed by atoms with Crippen LogP contribution in [0.4, 0.5) is 0 Å². The number of carboxylic acids is 1. The van der Waals surface area contributed by atoms with Crippen LogP contribution >= 0.6 is 0 Å². The zero-order valence-electron chi connectivity index (χ0n) is 23.6. The summed E-state index contributed by atoms with van der Waals surface area (Å²) in [7, 11) is 0. The number of aliphatic carboxylic acids is 1. The van der Waals surface area contributed by atoms with Crippen molar-refractivity contribution in [3.63, 3.8) is 0 Å². The van der Waals surface area contributed by atoms with E-state index in [0.29, 0.717) is 36.8 Å². The molecule has 7 nitrogen and oxygen atoms in total. The van der Waals surface area contributed by atoms with Gasteiger partial charge in [-0.15, -0.1) is 0 Å². The minimum Gasteiger partial charge on any atom is -0.478 e. The second-order valence-corrected chi connectivity index (χ2v) is 12.9. The highest BCUT2D eigenvalue weighted by Crippen LogP contribution is 2.72. The zero-order valence-corrected chi connectivity index (χ0v) is 23.6. The average Bonchev–Trinajstić information content (AvgIpc) is 3.35. The molecule has 1 spiro atoms. The van der Waals surface area contributed by atoms with Crippen LogP contribution in [0.1, 0.15) is 117 Å². The Hall–Kier alpha value is -1.28. The first-order valence-corrected chi connectivity index (χ1v) is 15.2. The molecule has 2 fully saturated rings. The fourth-order valence-electron chi connectivity index (χ4n) is 8.37. The zero-order chi connectivity index (χ0) is 27.9. The van der Waals surface area contributed by atoms with E-state index in [1.165, 1.54) is 0 Å². The van der Waals surface area contributed by atoms with Gasteiger partial charge in [-0.2, -0.15) is 0 Å². The van der Waals surface area contributed by atoms with E-state index in [1.54, 1.807) is 0 Å². The second-order valence-electron chi connectivity index (χ2n) is 12.9. The van der Waals surface area contributed by atoms with Gasteiger partial charge in [0.2, 0.25) is 0 Å². The Morgan fingerprint density at radius 1 is 0.921 bits per heavy atom. The van der Waals surface area contributed by atoms with E-state index >= 15 is 0 Å². The number of fused-ring (bicyclic) bond motifs is 1. The fraction of sp³-hybridized carbons (Fsp3) is 0.871. The molecule has 0 aromatic rings. The Balaban J connectivity index is 1.44. The summed E-state index contributed by atoms with van der Waals surface area (Å²) in [5, 5.41) is 51.0. The number of aliphatic hydroxyl groups is 4. The highest BCUT2D eigenvalue weighted by Gasteiger charge is 2.70. The van der Waals surface area contributed by atoms with Gasteiger partial charge < -0.3 is 30.3 Å². The molecule has 38 heavy (non-hydrogen) atoms. The van der Waals surface area contributed by atoms with E-state index < -0.39 is 29.7 Å². The van der Waals surface area contributed by atoms with Gasteiger partial charge in [0.05, 0.1) is 18.3 Å². The normalized spacial score (nSPS) is 31.3. The van der Waals surface area contributed by atoms with Crippen LogP contribution in [-0.4, -0.2) is 62.7 Å². The van der Waals surface area contributed by atoms with Crippen molar-refractivity contribution in [3.05, 3.63) is 11.1 Å². The predicted octanol–water partition coefficient (Wildman–Crippen LogP) is 4.79. The van der Waals surface area contributed by atoms with E-state index in [-0.39, 0.29) is 29.8 Å². The molecule has 3 aliphatic carbocycles. The van der Waals surface area contributed by atoms with Crippen molar-refractivity contribution < 1.29 is 35.1 Å². The minimum absolute atomic E-state index is 0.125. The molecule has 7 heteroatoms. The molecule has 218 valence electrons. The fourth-order valence-corrected chi connectivity index (χ4v) is 8.37. The summed E-state index contributed by atoms with van der Waals surface area (Å²) in [4.78, 5) is 24.4. The molecule has 2 saturated carbocycles. The van der Waals surface area contributed by atoms with Gasteiger partial charge in [0.15, 0.2) is 0 Å². The Morgan fingerprint density at radius 2 is 1.47 bits per heavy atom. The number of carboxylic acid groups (broad SMARTS) is 1. The van der Waals surface area contributed by atoms with Crippen molar-refractivity contribution in [2.24, 2.45) is 28.6 Å². The lowest BCUT2D eigenvalue weighted by Crippen LogP contribution is -2.45. The molecule has 0 heterocycles. The topological polar surface area (TPSA) is 135 Å². The van der Waals surface area contributed by atoms with Crippen LogP contribution < -0.4 is 0 Å². The molecule has 3 rings (SSSR count). The average molecular weight is 537 g/mol. The SMILES string of the molecule is CC1(C)[C@@H]2C[C@@]3([C@@H](C=O)CC[C@@H]13)[C@@H](O)C(CCCCCCC[C@H](O)[C@H](O)CCCCCCCO)=C2C(=O)O. The van der Waals surface area contributed by atoms with Crippen LogP contribution in [-0.2, 0) is 9.59 Å². The van der Waals surface area contributed by atoms with E-state index in [0.717, 1.165) is 83.3 Å². The van der Waals surface area contributed by atoms with Gasteiger partial charge in [0, 0.05) is 23.5 Å². The van der Waals surface area contributed by atoms with Crippen molar-refractivity contribution in [2.75, 3.05) is 6.61 Å². The summed E-state index contributed by atoms with van der Waals surface area (Å²) < 4.78 is 0. The van der Waals surface area contributed by atoms with E-state index in [9.17, 15) is 30.0 Å². The van der Waals surface area contributed by atoms with Crippen molar-refractivity contribution in [1.29, 1.82) is 0 Å². The smallest absolute Gasteiger partial charge is 0.331 e. The number of unbranched alkanes of at least 4 members (excludes halogenated alkanes) is 8. The van der Waals surface area contributed by atoms with Gasteiger partial charge in [-0.1, -0.05) is 65.2 Å². The predicted molar refractivity (Wildman–Crippen MR) is 146 cm³/mol. The number of aliphatic hydroxyl groups excluding tert-OH is 4. The first-order chi connectivity index (χ1) is 18.1. The molecule has 0 unspecified atom stereocenters. The molecular formula is C31H52O7. The third kappa shape index (κ3) is 6.37. The maximum Gasteiger partial charge on any atom is 0.331 e. The lowest BCUT2D eigenvalue weighted by Gasteiger charge is -2.43. The molecule has 0 aliphatic heterocycles. The van der Waals surface area contributed by atoms with Crippen LogP contribution in [0, 0.1) is 28.6 Å². The first kappa shape index (κ1) is 31.3. The molecule has 3 aliphatic rings. The van der Waals surface area contributed by atoms with Gasteiger partial charge in [0.1, 0.15) is 6.29 Å². The largest absolute Gasteiger partial charge is 0.478 e. The van der Waals surface area contributed by atoms with Crippen LogP contribution in [0.2, 0.25) is 0 Å². The number of rotatable bonds is 18. The van der Waals surface area contributed by atoms with Crippen molar-refractivity contribution in [2.45, 2.75) is 135 Å². The monoisotopic (exact) mass is 536 g/mol.